The first-order chi connectivity index (χ1) is 14.4. The SMILES string of the molecule is Cc1ccc(Cc2nsc(N3CCN(C(=O)c4ccc(Cl)cc4Cl)C(C)C3)n2)cc1. The predicted molar refractivity (Wildman–Crippen MR) is 123 cm³/mol. The summed E-state index contributed by atoms with van der Waals surface area (Å²) in [5, 5.41) is 1.81. The van der Waals surface area contributed by atoms with Crippen LogP contribution >= 0.6 is 34.7 Å². The number of piperazine rings is 1. The van der Waals surface area contributed by atoms with Crippen LogP contribution < -0.4 is 4.90 Å². The first kappa shape index (κ1) is 21.1. The summed E-state index contributed by atoms with van der Waals surface area (Å²) in [7, 11) is 0. The zero-order valence-electron chi connectivity index (χ0n) is 16.8. The number of carbonyl (C=O) groups excluding carboxylic acids is 1. The van der Waals surface area contributed by atoms with Crippen molar-refractivity contribution in [1.82, 2.24) is 14.3 Å². The van der Waals surface area contributed by atoms with E-state index in [0.29, 0.717) is 35.2 Å². The van der Waals surface area contributed by atoms with E-state index in [1.54, 1.807) is 18.2 Å². The van der Waals surface area contributed by atoms with E-state index < -0.39 is 0 Å². The van der Waals surface area contributed by atoms with Gasteiger partial charge in [-0.2, -0.15) is 4.37 Å². The van der Waals surface area contributed by atoms with Crippen LogP contribution in [0.1, 0.15) is 34.2 Å². The molecule has 0 N–H and O–H groups in total. The van der Waals surface area contributed by atoms with Gasteiger partial charge in [-0.1, -0.05) is 53.0 Å². The number of hydrogen-bond acceptors (Lipinski definition) is 5. The van der Waals surface area contributed by atoms with Gasteiger partial charge in [-0.15, -0.1) is 0 Å². The average molecular weight is 461 g/mol. The molecule has 0 spiro atoms. The number of amides is 1. The molecule has 2 heterocycles. The maximum Gasteiger partial charge on any atom is 0.255 e. The fourth-order valence-corrected chi connectivity index (χ4v) is 4.79. The van der Waals surface area contributed by atoms with Crippen molar-refractivity contribution >= 4 is 45.8 Å². The van der Waals surface area contributed by atoms with Gasteiger partial charge >= 0.3 is 0 Å². The summed E-state index contributed by atoms with van der Waals surface area (Å²) < 4.78 is 4.53. The molecule has 1 aromatic heterocycles. The van der Waals surface area contributed by atoms with Crippen LogP contribution in [-0.2, 0) is 6.42 Å². The van der Waals surface area contributed by atoms with E-state index in [4.69, 9.17) is 28.2 Å². The van der Waals surface area contributed by atoms with Gasteiger partial charge in [-0.25, -0.2) is 4.98 Å². The highest BCUT2D eigenvalue weighted by Crippen LogP contribution is 2.26. The maximum atomic E-state index is 13.0. The van der Waals surface area contributed by atoms with Gasteiger partial charge in [0.05, 0.1) is 10.6 Å². The van der Waals surface area contributed by atoms with E-state index >= 15 is 0 Å². The largest absolute Gasteiger partial charge is 0.343 e. The highest BCUT2D eigenvalue weighted by molar-refractivity contribution is 7.09. The molecule has 1 aliphatic rings. The van der Waals surface area contributed by atoms with Gasteiger partial charge in [0.25, 0.3) is 5.91 Å². The summed E-state index contributed by atoms with van der Waals surface area (Å²) in [4.78, 5) is 21.8. The molecule has 4 rings (SSSR count). The minimum atomic E-state index is -0.0684. The van der Waals surface area contributed by atoms with Crippen LogP contribution in [-0.4, -0.2) is 45.8 Å². The summed E-state index contributed by atoms with van der Waals surface area (Å²) >= 11 is 13.6. The van der Waals surface area contributed by atoms with E-state index in [2.05, 4.69) is 40.5 Å². The molecule has 2 aromatic carbocycles. The number of aryl methyl sites for hydroxylation is 1. The number of anilines is 1. The Morgan fingerprint density at radius 3 is 2.63 bits per heavy atom. The lowest BCUT2D eigenvalue weighted by Gasteiger charge is -2.39. The Morgan fingerprint density at radius 2 is 1.93 bits per heavy atom. The highest BCUT2D eigenvalue weighted by Gasteiger charge is 2.30. The van der Waals surface area contributed by atoms with Crippen molar-refractivity contribution in [1.29, 1.82) is 0 Å². The fraction of sp³-hybridized carbons (Fsp3) is 0.318. The van der Waals surface area contributed by atoms with Crippen LogP contribution in [0.3, 0.4) is 0 Å². The van der Waals surface area contributed by atoms with Crippen molar-refractivity contribution in [2.45, 2.75) is 26.3 Å². The van der Waals surface area contributed by atoms with Crippen LogP contribution in [0.5, 0.6) is 0 Å². The van der Waals surface area contributed by atoms with E-state index in [-0.39, 0.29) is 11.9 Å². The zero-order chi connectivity index (χ0) is 21.3. The van der Waals surface area contributed by atoms with Crippen molar-refractivity contribution in [2.75, 3.05) is 24.5 Å². The van der Waals surface area contributed by atoms with Gasteiger partial charge in [-0.3, -0.25) is 4.79 Å². The number of rotatable bonds is 4. The lowest BCUT2D eigenvalue weighted by atomic mass is 10.1. The molecule has 1 aliphatic heterocycles. The average Bonchev–Trinajstić information content (AvgIpc) is 3.18. The third-order valence-electron chi connectivity index (χ3n) is 5.26. The smallest absolute Gasteiger partial charge is 0.255 e. The number of nitrogens with zero attached hydrogens (tertiary/aromatic N) is 4. The predicted octanol–water partition coefficient (Wildman–Crippen LogP) is 5.10. The molecule has 1 unspecified atom stereocenters. The van der Waals surface area contributed by atoms with Crippen LogP contribution in [0, 0.1) is 6.92 Å². The second-order valence-corrected chi connectivity index (χ2v) is 9.15. The normalized spacial score (nSPS) is 16.7. The van der Waals surface area contributed by atoms with Crippen molar-refractivity contribution < 1.29 is 4.79 Å². The first-order valence-corrected chi connectivity index (χ1v) is 11.3. The first-order valence-electron chi connectivity index (χ1n) is 9.80. The Hall–Kier alpha value is -2.15. The molecule has 1 atom stereocenters. The standard InChI is InChI=1S/C22H22Cl2N4OS/c1-14-3-5-16(6-4-14)11-20-25-22(30-26-20)27-9-10-28(15(2)13-27)21(29)18-8-7-17(23)12-19(18)24/h3-8,12,15H,9-11,13H2,1-2H3. The third kappa shape index (κ3) is 4.61. The molecular formula is C22H22Cl2N4OS. The molecule has 0 saturated carbocycles. The maximum absolute atomic E-state index is 13.0. The second kappa shape index (κ2) is 8.92. The molecule has 1 saturated heterocycles. The van der Waals surface area contributed by atoms with Gasteiger partial charge in [-0.05, 0) is 37.6 Å². The van der Waals surface area contributed by atoms with Crippen molar-refractivity contribution in [3.8, 4) is 0 Å². The molecule has 0 radical (unpaired) electrons. The molecule has 8 heteroatoms. The lowest BCUT2D eigenvalue weighted by Crippen LogP contribution is -2.54. The molecule has 0 bridgehead atoms. The quantitative estimate of drug-likeness (QED) is 0.543. The summed E-state index contributed by atoms with van der Waals surface area (Å²) in [5.74, 6) is 0.763. The highest BCUT2D eigenvalue weighted by atomic mass is 35.5. The van der Waals surface area contributed by atoms with Gasteiger partial charge in [0, 0.05) is 48.7 Å². The van der Waals surface area contributed by atoms with Crippen molar-refractivity contribution in [3.63, 3.8) is 0 Å². The molecule has 5 nitrogen and oxygen atoms in total. The molecule has 1 amide bonds. The summed E-state index contributed by atoms with van der Waals surface area (Å²) in [5.41, 5.74) is 2.93. The number of benzene rings is 2. The van der Waals surface area contributed by atoms with Gasteiger partial charge in [0.15, 0.2) is 0 Å². The van der Waals surface area contributed by atoms with E-state index in [9.17, 15) is 4.79 Å². The zero-order valence-corrected chi connectivity index (χ0v) is 19.1. The topological polar surface area (TPSA) is 49.3 Å². The summed E-state index contributed by atoms with van der Waals surface area (Å²) in [6.45, 7) is 6.14. The number of carbonyl (C=O) groups is 1. The lowest BCUT2D eigenvalue weighted by molar-refractivity contribution is 0.0674. The van der Waals surface area contributed by atoms with Gasteiger partial charge in [0.1, 0.15) is 5.82 Å². The van der Waals surface area contributed by atoms with E-state index in [1.165, 1.54) is 22.7 Å². The molecule has 3 aromatic rings. The molecule has 1 fully saturated rings. The minimum absolute atomic E-state index is 0.0300. The Morgan fingerprint density at radius 1 is 1.17 bits per heavy atom. The monoisotopic (exact) mass is 460 g/mol. The van der Waals surface area contributed by atoms with Crippen LogP contribution in [0.15, 0.2) is 42.5 Å². The van der Waals surface area contributed by atoms with Crippen LogP contribution in [0.25, 0.3) is 0 Å². The van der Waals surface area contributed by atoms with Gasteiger partial charge < -0.3 is 9.80 Å². The third-order valence-corrected chi connectivity index (χ3v) is 6.62. The van der Waals surface area contributed by atoms with Crippen LogP contribution in [0.4, 0.5) is 5.13 Å². The Labute approximate surface area is 190 Å². The molecule has 156 valence electrons. The molecule has 30 heavy (non-hydrogen) atoms. The Kier molecular flexibility index (Phi) is 6.27. The van der Waals surface area contributed by atoms with Crippen molar-refractivity contribution in [3.05, 3.63) is 75.0 Å². The summed E-state index contributed by atoms with van der Waals surface area (Å²) in [6, 6.07) is 13.5. The van der Waals surface area contributed by atoms with E-state index in [1.807, 2.05) is 11.8 Å². The van der Waals surface area contributed by atoms with Gasteiger partial charge in [0.2, 0.25) is 5.13 Å². The van der Waals surface area contributed by atoms with Crippen LogP contribution in [0.2, 0.25) is 10.0 Å². The van der Waals surface area contributed by atoms with E-state index in [0.717, 1.165) is 17.4 Å². The molecule has 0 aliphatic carbocycles. The number of halogens is 2. The Bertz CT molecular complexity index is 1050. The summed E-state index contributed by atoms with van der Waals surface area (Å²) in [6.07, 6.45) is 0.722. The fourth-order valence-electron chi connectivity index (χ4n) is 3.58. The number of hydrogen-bond donors (Lipinski definition) is 0. The molecular weight excluding hydrogens is 439 g/mol. The Balaban J connectivity index is 1.41. The van der Waals surface area contributed by atoms with Crippen molar-refractivity contribution in [2.24, 2.45) is 0 Å². The minimum Gasteiger partial charge on any atom is -0.343 e. The second-order valence-electron chi connectivity index (χ2n) is 7.57. The number of aromatic nitrogens is 2.